The number of carboxylic acid groups (broad SMARTS) is 1. The summed E-state index contributed by atoms with van der Waals surface area (Å²) in [6.07, 6.45) is 11.3. The molecule has 2 N–H and O–H groups in total. The van der Waals surface area contributed by atoms with Gasteiger partial charge in [-0.3, -0.25) is 4.79 Å². The molecule has 0 saturated carbocycles. The second-order valence-electron chi connectivity index (χ2n) is 10.7. The Morgan fingerprint density at radius 3 is 2.51 bits per heavy atom. The lowest BCUT2D eigenvalue weighted by atomic mass is 9.87. The minimum atomic E-state index is -1.09. The predicted molar refractivity (Wildman–Crippen MR) is 164 cm³/mol. The monoisotopic (exact) mass is 592 g/mol. The van der Waals surface area contributed by atoms with E-state index in [0.717, 1.165) is 16.1 Å². The minimum Gasteiger partial charge on any atom is -0.480 e. The first-order chi connectivity index (χ1) is 19.5. The van der Waals surface area contributed by atoms with Crippen molar-refractivity contribution in [2.24, 2.45) is 5.41 Å². The zero-order valence-corrected chi connectivity index (χ0v) is 25.0. The normalized spacial score (nSPS) is 13.5. The van der Waals surface area contributed by atoms with Crippen LogP contribution in [-0.4, -0.2) is 49.1 Å². The number of benzene rings is 2. The number of hydrogen-bond acceptors (Lipinski definition) is 6. The van der Waals surface area contributed by atoms with E-state index in [0.29, 0.717) is 23.2 Å². The number of carbonyl (C=O) groups is 2. The van der Waals surface area contributed by atoms with Crippen LogP contribution in [0.5, 0.6) is 0 Å². The van der Waals surface area contributed by atoms with Crippen LogP contribution in [0.1, 0.15) is 48.1 Å². The molecule has 0 spiro atoms. The number of thiazole rings is 1. The number of carboxylic acids is 1. The van der Waals surface area contributed by atoms with Crippen molar-refractivity contribution in [2.75, 3.05) is 6.26 Å². The molecule has 0 radical (unpaired) electrons. The molecule has 0 aliphatic rings. The van der Waals surface area contributed by atoms with Crippen molar-refractivity contribution in [3.8, 4) is 11.1 Å². The Kier molecular flexibility index (Phi) is 9.77. The molecule has 0 saturated heterocycles. The number of thioether (sulfide) groups is 1. The smallest absolute Gasteiger partial charge is 0.326 e. The summed E-state index contributed by atoms with van der Waals surface area (Å²) in [4.78, 5) is 34.4. The number of rotatable bonds is 11. The van der Waals surface area contributed by atoms with Crippen LogP contribution in [0, 0.1) is 11.2 Å². The summed E-state index contributed by atoms with van der Waals surface area (Å²) in [5.74, 6) is -1.98. The fraction of sp³-hybridized carbons (Fsp3) is 0.290. The highest BCUT2D eigenvalue weighted by atomic mass is 32.2. The van der Waals surface area contributed by atoms with E-state index in [-0.39, 0.29) is 17.1 Å². The van der Waals surface area contributed by atoms with Crippen LogP contribution in [0.3, 0.4) is 0 Å². The molecule has 41 heavy (non-hydrogen) atoms. The molecule has 1 unspecified atom stereocenters. The van der Waals surface area contributed by atoms with Gasteiger partial charge in [0.05, 0.1) is 12.9 Å². The highest BCUT2D eigenvalue weighted by Gasteiger charge is 2.31. The number of hydrogen-bond donors (Lipinski definition) is 2. The van der Waals surface area contributed by atoms with Gasteiger partial charge < -0.3 is 15.0 Å². The molecule has 4 aromatic rings. The Balaban J connectivity index is 1.72. The van der Waals surface area contributed by atoms with Gasteiger partial charge in [-0.2, -0.15) is 11.8 Å². The van der Waals surface area contributed by atoms with Crippen LogP contribution in [0.4, 0.5) is 4.39 Å². The first-order valence-corrected chi connectivity index (χ1v) is 15.2. The van der Waals surface area contributed by atoms with Gasteiger partial charge in [0.25, 0.3) is 5.91 Å². The lowest BCUT2D eigenvalue weighted by Crippen LogP contribution is -2.44. The van der Waals surface area contributed by atoms with E-state index in [1.807, 2.05) is 40.6 Å². The summed E-state index contributed by atoms with van der Waals surface area (Å²) in [7, 11) is 0. The molecular formula is C31H33FN4O3S2. The number of nitrogens with one attached hydrogen (secondary N) is 1. The SMILES string of the molecule is CSC(C[C@H](NC(=O)c1ccc(C=C(Cn2ccnc2)c2nccs2)cc1-c1ccc(F)cc1)C(=O)O)C(C)(C)C. The number of nitrogens with zero attached hydrogens (tertiary/aromatic N) is 3. The Morgan fingerprint density at radius 2 is 1.93 bits per heavy atom. The van der Waals surface area contributed by atoms with E-state index in [1.165, 1.54) is 23.5 Å². The predicted octanol–water partition coefficient (Wildman–Crippen LogP) is 6.74. The molecule has 2 aromatic heterocycles. The summed E-state index contributed by atoms with van der Waals surface area (Å²) in [5.41, 5.74) is 3.14. The standard InChI is InChI=1S/C31H33FN4O3S2/c1-31(2,3)27(40-4)17-26(30(38)39)35-28(37)24-10-5-20(16-25(24)21-6-8-23(32)9-7-21)15-22(29-34-12-14-41-29)18-36-13-11-33-19-36/h5-16,19,26-27H,17-18H2,1-4H3,(H,35,37)(H,38,39)/t26-,27?/m0/s1. The molecule has 2 heterocycles. The van der Waals surface area contributed by atoms with Gasteiger partial charge in [-0.1, -0.05) is 39.0 Å². The van der Waals surface area contributed by atoms with Gasteiger partial charge >= 0.3 is 5.97 Å². The molecule has 2 atom stereocenters. The molecule has 0 aliphatic heterocycles. The number of aliphatic carboxylic acids is 1. The van der Waals surface area contributed by atoms with Crippen molar-refractivity contribution in [3.63, 3.8) is 0 Å². The van der Waals surface area contributed by atoms with Crippen molar-refractivity contribution in [1.29, 1.82) is 0 Å². The van der Waals surface area contributed by atoms with Crippen molar-refractivity contribution in [3.05, 3.63) is 94.7 Å². The molecule has 0 aliphatic carbocycles. The Morgan fingerprint density at radius 1 is 1.17 bits per heavy atom. The third-order valence-corrected chi connectivity index (χ3v) is 9.02. The quantitative estimate of drug-likeness (QED) is 0.200. The van der Waals surface area contributed by atoms with Gasteiger partial charge in [0.1, 0.15) is 16.9 Å². The summed E-state index contributed by atoms with van der Waals surface area (Å²) in [5, 5.41) is 15.5. The number of imidazole rings is 1. The molecule has 4 rings (SSSR count). The van der Waals surface area contributed by atoms with E-state index >= 15 is 0 Å². The molecule has 0 fully saturated rings. The Hall–Kier alpha value is -3.76. The minimum absolute atomic E-state index is 0.0211. The number of allylic oxidation sites excluding steroid dienone is 1. The summed E-state index contributed by atoms with van der Waals surface area (Å²) in [6.45, 7) is 6.72. The molecule has 7 nitrogen and oxygen atoms in total. The topological polar surface area (TPSA) is 97.1 Å². The third-order valence-electron chi connectivity index (χ3n) is 6.71. The number of aromatic nitrogens is 3. The summed E-state index contributed by atoms with van der Waals surface area (Å²) < 4.78 is 15.7. The van der Waals surface area contributed by atoms with E-state index < -0.39 is 23.7 Å². The first kappa shape index (κ1) is 30.2. The molecule has 10 heteroatoms. The maximum absolute atomic E-state index is 13.8. The van der Waals surface area contributed by atoms with Crippen molar-refractivity contribution in [1.82, 2.24) is 19.9 Å². The average Bonchev–Trinajstić information content (AvgIpc) is 3.65. The van der Waals surface area contributed by atoms with Crippen LogP contribution < -0.4 is 5.32 Å². The summed E-state index contributed by atoms with van der Waals surface area (Å²) >= 11 is 3.11. The molecular weight excluding hydrogens is 559 g/mol. The van der Waals surface area contributed by atoms with Crippen molar-refractivity contribution in [2.45, 2.75) is 45.0 Å². The highest BCUT2D eigenvalue weighted by molar-refractivity contribution is 7.99. The van der Waals surface area contributed by atoms with Crippen LogP contribution in [-0.2, 0) is 11.3 Å². The average molecular weight is 593 g/mol. The van der Waals surface area contributed by atoms with Gasteiger partial charge in [0, 0.05) is 40.4 Å². The summed E-state index contributed by atoms with van der Waals surface area (Å²) in [6, 6.07) is 10.2. The molecule has 1 amide bonds. The second-order valence-corrected chi connectivity index (χ2v) is 12.7. The van der Waals surface area contributed by atoms with Crippen molar-refractivity contribution >= 4 is 46.6 Å². The van der Waals surface area contributed by atoms with Crippen LogP contribution >= 0.6 is 23.1 Å². The first-order valence-electron chi connectivity index (χ1n) is 13.1. The van der Waals surface area contributed by atoms with Gasteiger partial charge in [-0.05, 0) is 65.1 Å². The lowest BCUT2D eigenvalue weighted by Gasteiger charge is -2.31. The molecule has 2 aromatic carbocycles. The van der Waals surface area contributed by atoms with Gasteiger partial charge in [-0.25, -0.2) is 19.2 Å². The Labute approximate surface area is 247 Å². The van der Waals surface area contributed by atoms with E-state index in [2.05, 4.69) is 36.1 Å². The maximum atomic E-state index is 13.8. The highest BCUT2D eigenvalue weighted by Crippen LogP contribution is 2.33. The number of halogens is 1. The van der Waals surface area contributed by atoms with Crippen LogP contribution in [0.15, 0.2) is 72.8 Å². The van der Waals surface area contributed by atoms with Gasteiger partial charge in [0.15, 0.2) is 0 Å². The van der Waals surface area contributed by atoms with E-state index in [9.17, 15) is 19.1 Å². The Bertz CT molecular complexity index is 1500. The largest absolute Gasteiger partial charge is 0.480 e. The second kappa shape index (κ2) is 13.3. The molecule has 0 bridgehead atoms. The fourth-order valence-electron chi connectivity index (χ4n) is 4.53. The fourth-order valence-corrected chi connectivity index (χ4v) is 6.27. The van der Waals surface area contributed by atoms with Crippen LogP contribution in [0.2, 0.25) is 0 Å². The third kappa shape index (κ3) is 7.92. The van der Waals surface area contributed by atoms with Crippen LogP contribution in [0.25, 0.3) is 22.8 Å². The maximum Gasteiger partial charge on any atom is 0.326 e. The van der Waals surface area contributed by atoms with E-state index in [1.54, 1.807) is 48.7 Å². The van der Waals surface area contributed by atoms with E-state index in [4.69, 9.17) is 0 Å². The van der Waals surface area contributed by atoms with Gasteiger partial charge in [-0.15, -0.1) is 11.3 Å². The lowest BCUT2D eigenvalue weighted by molar-refractivity contribution is -0.139. The zero-order chi connectivity index (χ0) is 29.6. The van der Waals surface area contributed by atoms with Crippen molar-refractivity contribution < 1.29 is 19.1 Å². The zero-order valence-electron chi connectivity index (χ0n) is 23.4. The molecule has 214 valence electrons. The van der Waals surface area contributed by atoms with Gasteiger partial charge in [0.2, 0.25) is 0 Å². The number of carbonyl (C=O) groups excluding carboxylic acids is 1. The number of amides is 1.